The summed E-state index contributed by atoms with van der Waals surface area (Å²) >= 11 is 1.60. The predicted molar refractivity (Wildman–Crippen MR) is 96.2 cm³/mol. The van der Waals surface area contributed by atoms with Crippen LogP contribution >= 0.6 is 11.3 Å². The molecule has 3 rings (SSSR count). The summed E-state index contributed by atoms with van der Waals surface area (Å²) in [4.78, 5) is 11.8. The molecule has 0 aliphatic rings. The summed E-state index contributed by atoms with van der Waals surface area (Å²) in [6, 6.07) is 9.53. The fraction of sp³-hybridized carbons (Fsp3) is 0.235. The van der Waals surface area contributed by atoms with E-state index in [4.69, 9.17) is 4.74 Å². The van der Waals surface area contributed by atoms with Crippen LogP contribution in [0.1, 0.15) is 11.3 Å². The van der Waals surface area contributed by atoms with Gasteiger partial charge in [0, 0.05) is 11.9 Å². The van der Waals surface area contributed by atoms with E-state index in [1.807, 2.05) is 41.1 Å². The average molecular weight is 357 g/mol. The van der Waals surface area contributed by atoms with Crippen LogP contribution in [0.5, 0.6) is 5.75 Å². The van der Waals surface area contributed by atoms with Crippen molar-refractivity contribution in [3.63, 3.8) is 0 Å². The number of nitrogens with zero attached hydrogens (tertiary/aromatic N) is 3. The van der Waals surface area contributed by atoms with E-state index in [1.54, 1.807) is 29.3 Å². The normalized spacial score (nSPS) is 10.4. The number of carbonyl (C=O) groups excluding carboxylic acids is 1. The Morgan fingerprint density at radius 2 is 2.08 bits per heavy atom. The third-order valence-corrected chi connectivity index (χ3v) is 4.27. The van der Waals surface area contributed by atoms with Crippen molar-refractivity contribution in [2.45, 2.75) is 13.0 Å². The van der Waals surface area contributed by atoms with Gasteiger partial charge >= 0.3 is 6.03 Å². The molecule has 0 spiro atoms. The first-order valence-electron chi connectivity index (χ1n) is 7.83. The molecule has 0 atom stereocenters. The lowest BCUT2D eigenvalue weighted by Crippen LogP contribution is -2.36. The van der Waals surface area contributed by atoms with Crippen LogP contribution in [0.25, 0.3) is 5.69 Å². The first-order valence-corrected chi connectivity index (χ1v) is 8.77. The fourth-order valence-electron chi connectivity index (χ4n) is 2.24. The minimum absolute atomic E-state index is 0.224. The molecular weight excluding hydrogens is 338 g/mol. The molecule has 2 N–H and O–H groups in total. The van der Waals surface area contributed by atoms with Gasteiger partial charge in [-0.3, -0.25) is 0 Å². The lowest BCUT2D eigenvalue weighted by Gasteiger charge is -2.07. The van der Waals surface area contributed by atoms with E-state index in [0.717, 1.165) is 23.4 Å². The molecule has 25 heavy (non-hydrogen) atoms. The van der Waals surface area contributed by atoms with E-state index >= 15 is 0 Å². The number of amides is 2. The van der Waals surface area contributed by atoms with Gasteiger partial charge in [-0.1, -0.05) is 17.3 Å². The molecule has 130 valence electrons. The van der Waals surface area contributed by atoms with Crippen molar-refractivity contribution >= 4 is 17.4 Å². The summed E-state index contributed by atoms with van der Waals surface area (Å²) in [6.45, 7) is 0.887. The lowest BCUT2D eigenvalue weighted by atomic mass is 10.1. The van der Waals surface area contributed by atoms with Crippen LogP contribution in [-0.4, -0.2) is 34.7 Å². The van der Waals surface area contributed by atoms with Crippen LogP contribution in [0, 0.1) is 0 Å². The molecule has 0 aliphatic carbocycles. The second kappa shape index (κ2) is 8.29. The molecule has 2 aromatic heterocycles. The van der Waals surface area contributed by atoms with E-state index in [1.165, 1.54) is 0 Å². The molecule has 2 heterocycles. The Balaban J connectivity index is 1.39. The maximum Gasteiger partial charge on any atom is 0.315 e. The molecule has 0 radical (unpaired) electrons. The molecule has 1 aromatic carbocycles. The van der Waals surface area contributed by atoms with Crippen LogP contribution in [0.3, 0.4) is 0 Å². The van der Waals surface area contributed by atoms with Gasteiger partial charge in [-0.15, -0.1) is 5.10 Å². The molecule has 0 fully saturated rings. The van der Waals surface area contributed by atoms with E-state index in [-0.39, 0.29) is 6.03 Å². The average Bonchev–Trinajstić information content (AvgIpc) is 3.32. The second-order valence-electron chi connectivity index (χ2n) is 5.34. The number of carbonyl (C=O) groups is 1. The maximum absolute atomic E-state index is 11.8. The Hall–Kier alpha value is -2.87. The molecule has 0 saturated carbocycles. The van der Waals surface area contributed by atoms with Gasteiger partial charge in [-0.25, -0.2) is 9.48 Å². The number of hydrogen-bond donors (Lipinski definition) is 2. The van der Waals surface area contributed by atoms with Gasteiger partial charge in [-0.2, -0.15) is 11.3 Å². The van der Waals surface area contributed by atoms with Crippen LogP contribution < -0.4 is 15.4 Å². The molecule has 0 aliphatic heterocycles. The number of methoxy groups -OCH3 is 1. The molecular formula is C17H19N5O2S. The summed E-state index contributed by atoms with van der Waals surface area (Å²) < 4.78 is 6.81. The Bertz CT molecular complexity index is 799. The summed E-state index contributed by atoms with van der Waals surface area (Å²) in [6.07, 6.45) is 2.56. The standard InChI is InChI=1S/C17H19N5O2S/c1-24-16-4-2-13(3-5-16)6-8-18-17(23)19-10-14-11-22(21-20-14)15-7-9-25-12-15/h2-5,7,9,11-12H,6,8,10H2,1H3,(H2,18,19,23). The predicted octanol–water partition coefficient (Wildman–Crippen LogP) is 2.38. The lowest BCUT2D eigenvalue weighted by molar-refractivity contribution is 0.240. The first kappa shape index (κ1) is 17.0. The highest BCUT2D eigenvalue weighted by atomic mass is 32.1. The Morgan fingerprint density at radius 1 is 1.24 bits per heavy atom. The van der Waals surface area contributed by atoms with Crippen molar-refractivity contribution in [3.05, 3.63) is 58.5 Å². The SMILES string of the molecule is COc1ccc(CCNC(=O)NCc2cn(-c3ccsc3)nn2)cc1. The number of aromatic nitrogens is 3. The maximum atomic E-state index is 11.8. The molecule has 2 amide bonds. The van der Waals surface area contributed by atoms with Crippen LogP contribution in [-0.2, 0) is 13.0 Å². The Morgan fingerprint density at radius 3 is 2.80 bits per heavy atom. The molecule has 8 heteroatoms. The van der Waals surface area contributed by atoms with Crippen molar-refractivity contribution in [1.29, 1.82) is 0 Å². The zero-order valence-electron chi connectivity index (χ0n) is 13.8. The highest BCUT2D eigenvalue weighted by Gasteiger charge is 2.05. The van der Waals surface area contributed by atoms with E-state index in [9.17, 15) is 4.79 Å². The first-order chi connectivity index (χ1) is 12.2. The highest BCUT2D eigenvalue weighted by Crippen LogP contribution is 2.12. The van der Waals surface area contributed by atoms with Gasteiger partial charge in [0.25, 0.3) is 0 Å². The number of nitrogens with one attached hydrogen (secondary N) is 2. The van der Waals surface area contributed by atoms with Crippen molar-refractivity contribution in [3.8, 4) is 11.4 Å². The number of thiophene rings is 1. The summed E-state index contributed by atoms with van der Waals surface area (Å²) in [5, 5.41) is 17.7. The molecule has 7 nitrogen and oxygen atoms in total. The van der Waals surface area contributed by atoms with Crippen molar-refractivity contribution in [2.75, 3.05) is 13.7 Å². The quantitative estimate of drug-likeness (QED) is 0.680. The third kappa shape index (κ3) is 4.80. The van der Waals surface area contributed by atoms with Crippen LogP contribution in [0.15, 0.2) is 47.3 Å². The molecule has 0 saturated heterocycles. The molecule has 0 unspecified atom stereocenters. The number of rotatable bonds is 7. The zero-order chi connectivity index (χ0) is 17.5. The summed E-state index contributed by atoms with van der Waals surface area (Å²) in [5.41, 5.74) is 2.81. The van der Waals surface area contributed by atoms with Crippen LogP contribution in [0.4, 0.5) is 4.79 Å². The number of urea groups is 1. The van der Waals surface area contributed by atoms with E-state index in [2.05, 4.69) is 20.9 Å². The Kier molecular flexibility index (Phi) is 5.63. The van der Waals surface area contributed by atoms with Crippen molar-refractivity contribution in [2.24, 2.45) is 0 Å². The fourth-order valence-corrected chi connectivity index (χ4v) is 2.86. The summed E-state index contributed by atoms with van der Waals surface area (Å²) in [7, 11) is 1.64. The summed E-state index contributed by atoms with van der Waals surface area (Å²) in [5.74, 6) is 0.824. The van der Waals surface area contributed by atoms with Gasteiger partial charge in [0.2, 0.25) is 0 Å². The van der Waals surface area contributed by atoms with Gasteiger partial charge in [0.1, 0.15) is 11.4 Å². The van der Waals surface area contributed by atoms with Gasteiger partial charge in [0.05, 0.1) is 25.5 Å². The number of benzene rings is 1. The van der Waals surface area contributed by atoms with Crippen molar-refractivity contribution < 1.29 is 9.53 Å². The van der Waals surface area contributed by atoms with E-state index < -0.39 is 0 Å². The van der Waals surface area contributed by atoms with Crippen molar-refractivity contribution in [1.82, 2.24) is 25.6 Å². The number of ether oxygens (including phenoxy) is 1. The zero-order valence-corrected chi connectivity index (χ0v) is 14.6. The van der Waals surface area contributed by atoms with Crippen LogP contribution in [0.2, 0.25) is 0 Å². The molecule has 0 bridgehead atoms. The smallest absolute Gasteiger partial charge is 0.315 e. The number of hydrogen-bond acceptors (Lipinski definition) is 5. The third-order valence-electron chi connectivity index (χ3n) is 3.60. The Labute approximate surface area is 149 Å². The van der Waals surface area contributed by atoms with E-state index in [0.29, 0.717) is 18.8 Å². The van der Waals surface area contributed by atoms with Gasteiger partial charge in [0.15, 0.2) is 0 Å². The van der Waals surface area contributed by atoms with Gasteiger partial charge in [-0.05, 0) is 35.6 Å². The monoisotopic (exact) mass is 357 g/mol. The second-order valence-corrected chi connectivity index (χ2v) is 6.12. The highest BCUT2D eigenvalue weighted by molar-refractivity contribution is 7.08. The molecule has 3 aromatic rings. The minimum atomic E-state index is -0.224. The minimum Gasteiger partial charge on any atom is -0.497 e. The topological polar surface area (TPSA) is 81.1 Å². The largest absolute Gasteiger partial charge is 0.497 e. The van der Waals surface area contributed by atoms with Gasteiger partial charge < -0.3 is 15.4 Å².